The van der Waals surface area contributed by atoms with Gasteiger partial charge in [-0.05, 0) is 31.1 Å². The lowest BCUT2D eigenvalue weighted by atomic mass is 9.78. The van der Waals surface area contributed by atoms with E-state index in [-0.39, 0.29) is 6.10 Å². The Morgan fingerprint density at radius 3 is 2.92 bits per heavy atom. The maximum atomic E-state index is 9.75. The second-order valence-electron chi connectivity index (χ2n) is 3.86. The highest BCUT2D eigenvalue weighted by atomic mass is 16.3. The van der Waals surface area contributed by atoms with Crippen LogP contribution in [0.25, 0.3) is 0 Å². The summed E-state index contributed by atoms with van der Waals surface area (Å²) in [7, 11) is 0. The first-order valence-electron chi connectivity index (χ1n) is 4.80. The standard InChI is InChI=1S/C10H17NO/c1-8-4-2-5-9(10(8)12)6-3-7-11/h8-10,12H,2-6H2,1H3. The van der Waals surface area contributed by atoms with Crippen LogP contribution >= 0.6 is 0 Å². The van der Waals surface area contributed by atoms with Crippen LogP contribution in [0.5, 0.6) is 0 Å². The quantitative estimate of drug-likeness (QED) is 0.684. The number of hydrogen-bond acceptors (Lipinski definition) is 2. The Bertz CT molecular complexity index is 173. The first kappa shape index (κ1) is 9.54. The second kappa shape index (κ2) is 4.47. The smallest absolute Gasteiger partial charge is 0.0621 e. The molecule has 2 nitrogen and oxygen atoms in total. The summed E-state index contributed by atoms with van der Waals surface area (Å²) in [5.41, 5.74) is 0. The third kappa shape index (κ3) is 2.22. The van der Waals surface area contributed by atoms with Crippen molar-refractivity contribution in [1.29, 1.82) is 5.26 Å². The molecule has 3 atom stereocenters. The highest BCUT2D eigenvalue weighted by molar-refractivity contribution is 4.82. The van der Waals surface area contributed by atoms with E-state index in [4.69, 9.17) is 5.26 Å². The fourth-order valence-electron chi connectivity index (χ4n) is 2.07. The van der Waals surface area contributed by atoms with Crippen molar-refractivity contribution in [3.05, 3.63) is 0 Å². The molecule has 1 rings (SSSR count). The van der Waals surface area contributed by atoms with Gasteiger partial charge in [0.15, 0.2) is 0 Å². The predicted molar refractivity (Wildman–Crippen MR) is 47.4 cm³/mol. The molecular weight excluding hydrogens is 150 g/mol. The SMILES string of the molecule is CC1CCCC(CCC#N)C1O. The minimum absolute atomic E-state index is 0.160. The Morgan fingerprint density at radius 1 is 1.50 bits per heavy atom. The van der Waals surface area contributed by atoms with Gasteiger partial charge in [0.05, 0.1) is 12.2 Å². The van der Waals surface area contributed by atoms with Crippen molar-refractivity contribution in [2.75, 3.05) is 0 Å². The molecule has 0 aliphatic heterocycles. The van der Waals surface area contributed by atoms with Crippen molar-refractivity contribution < 1.29 is 5.11 Å². The number of rotatable bonds is 2. The van der Waals surface area contributed by atoms with Crippen LogP contribution in [0, 0.1) is 23.2 Å². The lowest BCUT2D eigenvalue weighted by Crippen LogP contribution is -2.31. The summed E-state index contributed by atoms with van der Waals surface area (Å²) in [6.45, 7) is 2.10. The fraction of sp³-hybridized carbons (Fsp3) is 0.900. The first-order valence-corrected chi connectivity index (χ1v) is 4.80. The van der Waals surface area contributed by atoms with Gasteiger partial charge in [-0.25, -0.2) is 0 Å². The summed E-state index contributed by atoms with van der Waals surface area (Å²) in [4.78, 5) is 0. The molecule has 0 bridgehead atoms. The van der Waals surface area contributed by atoms with E-state index in [9.17, 15) is 5.11 Å². The van der Waals surface area contributed by atoms with Crippen molar-refractivity contribution in [2.24, 2.45) is 11.8 Å². The summed E-state index contributed by atoms with van der Waals surface area (Å²) in [5.74, 6) is 0.816. The Morgan fingerprint density at radius 2 is 2.25 bits per heavy atom. The van der Waals surface area contributed by atoms with Crippen molar-refractivity contribution in [2.45, 2.75) is 45.1 Å². The van der Waals surface area contributed by atoms with Gasteiger partial charge in [-0.3, -0.25) is 0 Å². The van der Waals surface area contributed by atoms with Crippen LogP contribution in [0.1, 0.15) is 39.0 Å². The van der Waals surface area contributed by atoms with E-state index in [1.54, 1.807) is 0 Å². The van der Waals surface area contributed by atoms with E-state index in [1.165, 1.54) is 6.42 Å². The number of hydrogen-bond donors (Lipinski definition) is 1. The molecular formula is C10H17NO. The monoisotopic (exact) mass is 167 g/mol. The lowest BCUT2D eigenvalue weighted by Gasteiger charge is -2.32. The molecule has 1 aliphatic rings. The molecule has 2 heteroatoms. The van der Waals surface area contributed by atoms with Crippen LogP contribution in [0.4, 0.5) is 0 Å². The summed E-state index contributed by atoms with van der Waals surface area (Å²) in [6.07, 6.45) is 4.77. The van der Waals surface area contributed by atoms with Crippen LogP contribution in [-0.2, 0) is 0 Å². The maximum Gasteiger partial charge on any atom is 0.0621 e. The average Bonchev–Trinajstić information content (AvgIpc) is 2.08. The topological polar surface area (TPSA) is 44.0 Å². The molecule has 1 N–H and O–H groups in total. The van der Waals surface area contributed by atoms with Gasteiger partial charge in [0.25, 0.3) is 0 Å². The molecule has 12 heavy (non-hydrogen) atoms. The zero-order valence-electron chi connectivity index (χ0n) is 7.66. The maximum absolute atomic E-state index is 9.75. The zero-order valence-corrected chi connectivity index (χ0v) is 7.66. The number of aliphatic hydroxyl groups is 1. The van der Waals surface area contributed by atoms with E-state index in [0.29, 0.717) is 18.3 Å². The van der Waals surface area contributed by atoms with Crippen LogP contribution in [0.3, 0.4) is 0 Å². The molecule has 1 saturated carbocycles. The largest absolute Gasteiger partial charge is 0.393 e. The molecule has 0 aromatic heterocycles. The molecule has 3 unspecified atom stereocenters. The molecule has 0 saturated heterocycles. The van der Waals surface area contributed by atoms with Gasteiger partial charge < -0.3 is 5.11 Å². The van der Waals surface area contributed by atoms with Crippen molar-refractivity contribution in [3.63, 3.8) is 0 Å². The molecule has 0 aromatic rings. The van der Waals surface area contributed by atoms with E-state index in [1.807, 2.05) is 0 Å². The Balaban J connectivity index is 2.36. The van der Waals surface area contributed by atoms with Gasteiger partial charge in [0, 0.05) is 6.42 Å². The molecule has 68 valence electrons. The second-order valence-corrected chi connectivity index (χ2v) is 3.86. The van der Waals surface area contributed by atoms with Gasteiger partial charge in [0.2, 0.25) is 0 Å². The highest BCUT2D eigenvalue weighted by Crippen LogP contribution is 2.31. The molecule has 0 aromatic carbocycles. The average molecular weight is 167 g/mol. The van der Waals surface area contributed by atoms with Crippen molar-refractivity contribution in [3.8, 4) is 6.07 Å². The van der Waals surface area contributed by atoms with E-state index < -0.39 is 0 Å². The van der Waals surface area contributed by atoms with Crippen LogP contribution in [0.15, 0.2) is 0 Å². The summed E-state index contributed by atoms with van der Waals surface area (Å²) >= 11 is 0. The number of nitrogens with zero attached hydrogens (tertiary/aromatic N) is 1. The zero-order chi connectivity index (χ0) is 8.97. The summed E-state index contributed by atoms with van der Waals surface area (Å²) in [5, 5.41) is 18.2. The van der Waals surface area contributed by atoms with Crippen LogP contribution < -0.4 is 0 Å². The van der Waals surface area contributed by atoms with Gasteiger partial charge in [-0.15, -0.1) is 0 Å². The molecule has 0 amide bonds. The third-order valence-corrected chi connectivity index (χ3v) is 2.93. The Labute approximate surface area is 74.2 Å². The summed E-state index contributed by atoms with van der Waals surface area (Å²) < 4.78 is 0. The molecule has 0 heterocycles. The Hall–Kier alpha value is -0.550. The summed E-state index contributed by atoms with van der Waals surface area (Å²) in [6, 6.07) is 2.14. The minimum Gasteiger partial charge on any atom is -0.393 e. The third-order valence-electron chi connectivity index (χ3n) is 2.93. The highest BCUT2D eigenvalue weighted by Gasteiger charge is 2.28. The molecule has 1 aliphatic carbocycles. The predicted octanol–water partition coefficient (Wildman–Crippen LogP) is 2.09. The number of nitriles is 1. The van der Waals surface area contributed by atoms with Gasteiger partial charge in [0.1, 0.15) is 0 Å². The van der Waals surface area contributed by atoms with Gasteiger partial charge in [-0.1, -0.05) is 13.3 Å². The van der Waals surface area contributed by atoms with E-state index in [0.717, 1.165) is 19.3 Å². The van der Waals surface area contributed by atoms with Gasteiger partial charge in [-0.2, -0.15) is 5.26 Å². The van der Waals surface area contributed by atoms with Crippen molar-refractivity contribution >= 4 is 0 Å². The fourth-order valence-corrected chi connectivity index (χ4v) is 2.07. The molecule has 0 radical (unpaired) electrons. The first-order chi connectivity index (χ1) is 5.75. The van der Waals surface area contributed by atoms with Crippen molar-refractivity contribution in [1.82, 2.24) is 0 Å². The van der Waals surface area contributed by atoms with E-state index >= 15 is 0 Å². The van der Waals surface area contributed by atoms with Gasteiger partial charge >= 0.3 is 0 Å². The molecule has 1 fully saturated rings. The van der Waals surface area contributed by atoms with Crippen LogP contribution in [0.2, 0.25) is 0 Å². The van der Waals surface area contributed by atoms with Crippen LogP contribution in [-0.4, -0.2) is 11.2 Å². The minimum atomic E-state index is -0.160. The lowest BCUT2D eigenvalue weighted by molar-refractivity contribution is 0.0221. The molecule has 0 spiro atoms. The van der Waals surface area contributed by atoms with E-state index in [2.05, 4.69) is 13.0 Å². The normalized spacial score (nSPS) is 35.9. The number of aliphatic hydroxyl groups excluding tert-OH is 1. The Kier molecular flexibility index (Phi) is 3.55.